The zero-order chi connectivity index (χ0) is 24.4. The van der Waals surface area contributed by atoms with E-state index in [1.807, 2.05) is 11.8 Å². The Morgan fingerprint density at radius 1 is 1.11 bits per heavy atom. The van der Waals surface area contributed by atoms with E-state index in [0.717, 1.165) is 70.0 Å². The number of anilines is 1. The van der Waals surface area contributed by atoms with Crippen molar-refractivity contribution in [1.29, 1.82) is 0 Å². The number of ether oxygens (including phenoxy) is 3. The molecule has 1 fully saturated rings. The highest BCUT2D eigenvalue weighted by molar-refractivity contribution is 5.66. The molecule has 5 rings (SSSR count). The van der Waals surface area contributed by atoms with Gasteiger partial charge in [-0.05, 0) is 42.7 Å². The third kappa shape index (κ3) is 4.65. The summed E-state index contributed by atoms with van der Waals surface area (Å²) in [7, 11) is 3.44. The molecule has 1 aromatic heterocycles. The van der Waals surface area contributed by atoms with Crippen LogP contribution in [-0.4, -0.2) is 87.4 Å². The average molecular weight is 481 g/mol. The Hall–Kier alpha value is -2.97. The number of aromatic amines is 1. The number of nitrogens with one attached hydrogen (secondary N) is 1. The van der Waals surface area contributed by atoms with Gasteiger partial charge in [0.15, 0.2) is 11.5 Å². The summed E-state index contributed by atoms with van der Waals surface area (Å²) in [6, 6.07) is 4.19. The molecule has 2 atom stereocenters. The Balaban J connectivity index is 1.30. The van der Waals surface area contributed by atoms with Gasteiger partial charge in [-0.1, -0.05) is 6.08 Å². The van der Waals surface area contributed by atoms with Gasteiger partial charge in [0.2, 0.25) is 6.41 Å². The lowest BCUT2D eigenvalue weighted by Crippen LogP contribution is -2.50. The molecular formula is C27H36N4O4. The van der Waals surface area contributed by atoms with E-state index in [2.05, 4.69) is 45.3 Å². The fourth-order valence-electron chi connectivity index (χ4n) is 5.64. The second-order valence-electron chi connectivity index (χ2n) is 9.44. The standard InChI is InChI=1S/C27H36N4O4/c1-4-35-27-15-21-19(13-26(27)34-3)7-8-31(18-32)25(21)17-29-9-11-30(12-10-29)24-16-28-23-6-5-20(33-2)14-22(23)24/h5-6,13,15-16,18,20,25,28H,4,7-12,14,17H2,1-3H3. The van der Waals surface area contributed by atoms with Crippen molar-refractivity contribution in [2.45, 2.75) is 31.9 Å². The van der Waals surface area contributed by atoms with Gasteiger partial charge in [0.1, 0.15) is 0 Å². The van der Waals surface area contributed by atoms with E-state index in [1.165, 1.54) is 28.1 Å². The number of rotatable bonds is 8. The highest BCUT2D eigenvalue weighted by Gasteiger charge is 2.32. The number of carbonyl (C=O) groups is 1. The quantitative estimate of drug-likeness (QED) is 0.586. The lowest BCUT2D eigenvalue weighted by atomic mass is 9.91. The van der Waals surface area contributed by atoms with Crippen LogP contribution in [0.1, 0.15) is 35.3 Å². The normalized spacial score (nSPS) is 22.0. The molecule has 1 saturated heterocycles. The summed E-state index contributed by atoms with van der Waals surface area (Å²) in [5.41, 5.74) is 6.24. The van der Waals surface area contributed by atoms with Crippen LogP contribution >= 0.6 is 0 Å². The van der Waals surface area contributed by atoms with Crippen LogP contribution in [0.5, 0.6) is 11.5 Å². The van der Waals surface area contributed by atoms with E-state index < -0.39 is 0 Å². The molecule has 188 valence electrons. The summed E-state index contributed by atoms with van der Waals surface area (Å²) < 4.78 is 17.0. The van der Waals surface area contributed by atoms with Crippen LogP contribution in [0.25, 0.3) is 6.08 Å². The van der Waals surface area contributed by atoms with Gasteiger partial charge in [0.05, 0.1) is 31.5 Å². The van der Waals surface area contributed by atoms with Crippen molar-refractivity contribution in [3.8, 4) is 11.5 Å². The van der Waals surface area contributed by atoms with Crippen LogP contribution < -0.4 is 14.4 Å². The molecule has 0 radical (unpaired) electrons. The van der Waals surface area contributed by atoms with Gasteiger partial charge in [-0.25, -0.2) is 0 Å². The summed E-state index contributed by atoms with van der Waals surface area (Å²) in [6.07, 6.45) is 9.26. The van der Waals surface area contributed by atoms with Gasteiger partial charge in [-0.15, -0.1) is 0 Å². The summed E-state index contributed by atoms with van der Waals surface area (Å²) >= 11 is 0. The Morgan fingerprint density at radius 3 is 2.66 bits per heavy atom. The predicted octanol–water partition coefficient (Wildman–Crippen LogP) is 2.88. The van der Waals surface area contributed by atoms with Crippen LogP contribution in [0.3, 0.4) is 0 Å². The van der Waals surface area contributed by atoms with Crippen LogP contribution in [0.4, 0.5) is 5.69 Å². The molecule has 35 heavy (non-hydrogen) atoms. The Kier molecular flexibility index (Phi) is 7.02. The lowest BCUT2D eigenvalue weighted by molar-refractivity contribution is -0.121. The van der Waals surface area contributed by atoms with E-state index in [4.69, 9.17) is 14.2 Å². The number of nitrogens with zero attached hydrogens (tertiary/aromatic N) is 3. The Morgan fingerprint density at radius 2 is 1.94 bits per heavy atom. The Bertz CT molecular complexity index is 1070. The first-order chi connectivity index (χ1) is 17.1. The number of benzene rings is 1. The van der Waals surface area contributed by atoms with Crippen molar-refractivity contribution >= 4 is 18.2 Å². The van der Waals surface area contributed by atoms with E-state index in [0.29, 0.717) is 6.61 Å². The predicted molar refractivity (Wildman–Crippen MR) is 136 cm³/mol. The van der Waals surface area contributed by atoms with Crippen LogP contribution in [0, 0.1) is 0 Å². The molecule has 2 aromatic rings. The van der Waals surface area contributed by atoms with Crippen LogP contribution in [-0.2, 0) is 22.4 Å². The summed E-state index contributed by atoms with van der Waals surface area (Å²) in [4.78, 5) is 22.3. The number of carbonyl (C=O) groups excluding carboxylic acids is 1. The fourth-order valence-corrected chi connectivity index (χ4v) is 5.64. The molecule has 8 nitrogen and oxygen atoms in total. The second kappa shape index (κ2) is 10.3. The van der Waals surface area contributed by atoms with Gasteiger partial charge < -0.3 is 29.0 Å². The van der Waals surface area contributed by atoms with E-state index >= 15 is 0 Å². The number of aromatic nitrogens is 1. The minimum absolute atomic E-state index is 0.0144. The maximum Gasteiger partial charge on any atom is 0.210 e. The van der Waals surface area contributed by atoms with Crippen molar-refractivity contribution in [2.75, 3.05) is 65.0 Å². The number of piperazine rings is 1. The molecule has 1 aromatic carbocycles. The average Bonchev–Trinajstić information content (AvgIpc) is 3.32. The molecule has 1 N–H and O–H groups in total. The first-order valence-corrected chi connectivity index (χ1v) is 12.6. The summed E-state index contributed by atoms with van der Waals surface area (Å²) in [5, 5.41) is 0. The molecular weight excluding hydrogens is 444 g/mol. The van der Waals surface area contributed by atoms with Crippen molar-refractivity contribution < 1.29 is 19.0 Å². The highest BCUT2D eigenvalue weighted by atomic mass is 16.5. The third-order valence-electron chi connectivity index (χ3n) is 7.59. The number of hydrogen-bond acceptors (Lipinski definition) is 6. The van der Waals surface area contributed by atoms with Crippen molar-refractivity contribution in [3.63, 3.8) is 0 Å². The van der Waals surface area contributed by atoms with Gasteiger partial charge >= 0.3 is 0 Å². The summed E-state index contributed by atoms with van der Waals surface area (Å²) in [6.45, 7) is 7.91. The van der Waals surface area contributed by atoms with Gasteiger partial charge in [-0.3, -0.25) is 9.69 Å². The number of methoxy groups -OCH3 is 2. The molecule has 1 amide bonds. The third-order valence-corrected chi connectivity index (χ3v) is 7.59. The molecule has 3 aliphatic rings. The first-order valence-electron chi connectivity index (χ1n) is 12.6. The Labute approximate surface area is 207 Å². The first kappa shape index (κ1) is 23.8. The fraction of sp³-hybridized carbons (Fsp3) is 0.519. The second-order valence-corrected chi connectivity index (χ2v) is 9.44. The SMILES string of the molecule is CCOc1cc2c(cc1OC)CCN(C=O)C2CN1CCN(c2c[nH]c3c2CC(OC)C=C3)CC1. The molecule has 0 spiro atoms. The minimum atomic E-state index is 0.0144. The van der Waals surface area contributed by atoms with Crippen molar-refractivity contribution in [2.24, 2.45) is 0 Å². The summed E-state index contributed by atoms with van der Waals surface area (Å²) in [5.74, 6) is 1.51. The lowest BCUT2D eigenvalue weighted by Gasteiger charge is -2.41. The maximum atomic E-state index is 12.0. The molecule has 3 heterocycles. The molecule has 8 heteroatoms. The highest BCUT2D eigenvalue weighted by Crippen LogP contribution is 2.38. The molecule has 0 saturated carbocycles. The topological polar surface area (TPSA) is 70.3 Å². The number of amides is 1. The van der Waals surface area contributed by atoms with E-state index in [1.54, 1.807) is 14.2 Å². The van der Waals surface area contributed by atoms with Crippen molar-refractivity contribution in [3.05, 3.63) is 46.8 Å². The van der Waals surface area contributed by atoms with E-state index in [-0.39, 0.29) is 12.1 Å². The smallest absolute Gasteiger partial charge is 0.210 e. The minimum Gasteiger partial charge on any atom is -0.493 e. The molecule has 1 aliphatic carbocycles. The van der Waals surface area contributed by atoms with Crippen LogP contribution in [0.15, 0.2) is 24.4 Å². The van der Waals surface area contributed by atoms with Gasteiger partial charge in [-0.2, -0.15) is 0 Å². The number of hydrogen-bond donors (Lipinski definition) is 1. The van der Waals surface area contributed by atoms with E-state index in [9.17, 15) is 4.79 Å². The monoisotopic (exact) mass is 480 g/mol. The van der Waals surface area contributed by atoms with Gasteiger partial charge in [0.25, 0.3) is 0 Å². The number of fused-ring (bicyclic) bond motifs is 2. The zero-order valence-electron chi connectivity index (χ0n) is 21.0. The molecule has 2 unspecified atom stereocenters. The molecule has 0 bridgehead atoms. The number of H-pyrrole nitrogens is 1. The largest absolute Gasteiger partial charge is 0.493 e. The maximum absolute atomic E-state index is 12.0. The zero-order valence-corrected chi connectivity index (χ0v) is 21.0. The molecule has 2 aliphatic heterocycles. The van der Waals surface area contributed by atoms with Gasteiger partial charge in [0, 0.05) is 70.3 Å². The van der Waals surface area contributed by atoms with Crippen molar-refractivity contribution in [1.82, 2.24) is 14.8 Å². The van der Waals surface area contributed by atoms with Crippen LogP contribution in [0.2, 0.25) is 0 Å².